The Kier molecular flexibility index (Phi) is 2.86. The van der Waals surface area contributed by atoms with E-state index >= 15 is 0 Å². The summed E-state index contributed by atoms with van der Waals surface area (Å²) >= 11 is 0. The summed E-state index contributed by atoms with van der Waals surface area (Å²) in [7, 11) is -3.16. The van der Waals surface area contributed by atoms with Crippen molar-refractivity contribution in [1.29, 1.82) is 0 Å². The maximum atomic E-state index is 12.6. The van der Waals surface area contributed by atoms with Crippen LogP contribution in [0, 0.1) is 5.82 Å². The fraction of sp³-hybridized carbons (Fsp3) is 0.400. The van der Waals surface area contributed by atoms with Gasteiger partial charge in [-0.2, -0.15) is 0 Å². The Bertz CT molecular complexity index is 471. The van der Waals surface area contributed by atoms with E-state index in [-0.39, 0.29) is 17.3 Å². The molecule has 2 N–H and O–H groups in total. The summed E-state index contributed by atoms with van der Waals surface area (Å²) in [5.74, 6) is -0.664. The Balaban J connectivity index is 2.08. The molecule has 0 aliphatic carbocycles. The fourth-order valence-electron chi connectivity index (χ4n) is 1.73. The Morgan fingerprint density at radius 1 is 1.25 bits per heavy atom. The van der Waals surface area contributed by atoms with Gasteiger partial charge in [0.1, 0.15) is 5.82 Å². The number of aliphatic hydroxyl groups excluding tert-OH is 1. The van der Waals surface area contributed by atoms with E-state index in [1.807, 2.05) is 0 Å². The first kappa shape index (κ1) is 11.3. The van der Waals surface area contributed by atoms with Crippen LogP contribution in [-0.2, 0) is 9.84 Å². The minimum absolute atomic E-state index is 0.0917. The number of hydrogen-bond acceptors (Lipinski definition) is 4. The standard InChI is InChI=1S/C10H12FNO3S/c11-7-1-3-8(4-2-7)12-9-5-16(14,15)6-10(9)13/h1-4,9-10,12-13H,5-6H2. The largest absolute Gasteiger partial charge is 0.390 e. The Labute approximate surface area is 93.0 Å². The molecule has 0 amide bonds. The van der Waals surface area contributed by atoms with Gasteiger partial charge in [0.05, 0.1) is 23.7 Å². The summed E-state index contributed by atoms with van der Waals surface area (Å²) in [6, 6.07) is 5.05. The zero-order valence-corrected chi connectivity index (χ0v) is 9.24. The molecule has 1 heterocycles. The highest BCUT2D eigenvalue weighted by Crippen LogP contribution is 2.18. The summed E-state index contributed by atoms with van der Waals surface area (Å²) < 4.78 is 35.1. The van der Waals surface area contributed by atoms with Gasteiger partial charge in [-0.25, -0.2) is 12.8 Å². The molecule has 88 valence electrons. The number of nitrogens with one attached hydrogen (secondary N) is 1. The first-order valence-corrected chi connectivity index (χ1v) is 6.69. The van der Waals surface area contributed by atoms with Gasteiger partial charge in [-0.05, 0) is 24.3 Å². The molecule has 2 atom stereocenters. The van der Waals surface area contributed by atoms with Crippen molar-refractivity contribution in [2.45, 2.75) is 12.1 Å². The van der Waals surface area contributed by atoms with E-state index in [1.165, 1.54) is 24.3 Å². The summed E-state index contributed by atoms with van der Waals surface area (Å²) in [4.78, 5) is 0. The van der Waals surface area contributed by atoms with Crippen LogP contribution in [0.2, 0.25) is 0 Å². The molecule has 0 aromatic heterocycles. The molecule has 0 saturated carbocycles. The average Bonchev–Trinajstić information content (AvgIpc) is 2.44. The van der Waals surface area contributed by atoms with Crippen LogP contribution >= 0.6 is 0 Å². The van der Waals surface area contributed by atoms with Gasteiger partial charge in [0, 0.05) is 5.69 Å². The molecule has 0 spiro atoms. The molecular formula is C10H12FNO3S. The topological polar surface area (TPSA) is 66.4 Å². The molecule has 1 fully saturated rings. The maximum Gasteiger partial charge on any atom is 0.155 e. The smallest absolute Gasteiger partial charge is 0.155 e. The van der Waals surface area contributed by atoms with Crippen LogP contribution in [0.3, 0.4) is 0 Å². The van der Waals surface area contributed by atoms with Gasteiger partial charge in [0.25, 0.3) is 0 Å². The quantitative estimate of drug-likeness (QED) is 0.791. The number of sulfone groups is 1. The van der Waals surface area contributed by atoms with E-state index in [0.717, 1.165) is 0 Å². The Morgan fingerprint density at radius 3 is 2.38 bits per heavy atom. The number of halogens is 1. The summed E-state index contributed by atoms with van der Waals surface area (Å²) in [6.07, 6.45) is -0.907. The van der Waals surface area contributed by atoms with E-state index in [2.05, 4.69) is 5.32 Å². The zero-order chi connectivity index (χ0) is 11.8. The lowest BCUT2D eigenvalue weighted by molar-refractivity contribution is 0.190. The second-order valence-corrected chi connectivity index (χ2v) is 6.06. The maximum absolute atomic E-state index is 12.6. The van der Waals surface area contributed by atoms with E-state index < -0.39 is 22.0 Å². The molecule has 6 heteroatoms. The number of rotatable bonds is 2. The van der Waals surface area contributed by atoms with Gasteiger partial charge in [-0.3, -0.25) is 0 Å². The molecule has 0 radical (unpaired) electrons. The highest BCUT2D eigenvalue weighted by Gasteiger charge is 2.36. The summed E-state index contributed by atoms with van der Waals surface area (Å²) in [6.45, 7) is 0. The third-order valence-corrected chi connectivity index (χ3v) is 4.24. The predicted molar refractivity (Wildman–Crippen MR) is 58.5 cm³/mol. The van der Waals surface area contributed by atoms with Gasteiger partial charge in [0.2, 0.25) is 0 Å². The zero-order valence-electron chi connectivity index (χ0n) is 8.43. The minimum Gasteiger partial charge on any atom is -0.390 e. The number of aliphatic hydroxyl groups is 1. The van der Waals surface area contributed by atoms with E-state index in [1.54, 1.807) is 0 Å². The van der Waals surface area contributed by atoms with Crippen LogP contribution in [0.25, 0.3) is 0 Å². The van der Waals surface area contributed by atoms with Crippen molar-refractivity contribution in [3.63, 3.8) is 0 Å². The van der Waals surface area contributed by atoms with E-state index in [0.29, 0.717) is 5.69 Å². The minimum atomic E-state index is -3.16. The highest BCUT2D eigenvalue weighted by molar-refractivity contribution is 7.91. The van der Waals surface area contributed by atoms with Crippen LogP contribution in [0.4, 0.5) is 10.1 Å². The predicted octanol–water partition coefficient (Wildman–Crippen LogP) is 0.395. The second-order valence-electron chi connectivity index (χ2n) is 3.90. The van der Waals surface area contributed by atoms with Crippen molar-refractivity contribution < 1.29 is 17.9 Å². The van der Waals surface area contributed by atoms with Gasteiger partial charge >= 0.3 is 0 Å². The lowest BCUT2D eigenvalue weighted by Crippen LogP contribution is -2.31. The van der Waals surface area contributed by atoms with Crippen LogP contribution in [0.1, 0.15) is 0 Å². The SMILES string of the molecule is O=S1(=O)CC(O)C(Nc2ccc(F)cc2)C1. The van der Waals surface area contributed by atoms with Crippen molar-refractivity contribution in [3.05, 3.63) is 30.1 Å². The van der Waals surface area contributed by atoms with Crippen molar-refractivity contribution in [1.82, 2.24) is 0 Å². The molecule has 2 unspecified atom stereocenters. The molecule has 1 aliphatic rings. The molecule has 1 saturated heterocycles. The Morgan fingerprint density at radius 2 is 1.88 bits per heavy atom. The van der Waals surface area contributed by atoms with Crippen molar-refractivity contribution in [2.24, 2.45) is 0 Å². The molecule has 1 aromatic carbocycles. The normalized spacial score (nSPS) is 27.9. The van der Waals surface area contributed by atoms with Crippen LogP contribution < -0.4 is 5.32 Å². The van der Waals surface area contributed by atoms with Crippen molar-refractivity contribution >= 4 is 15.5 Å². The fourth-order valence-corrected chi connectivity index (χ4v) is 3.47. The third-order valence-electron chi connectivity index (χ3n) is 2.52. The van der Waals surface area contributed by atoms with Gasteiger partial charge < -0.3 is 10.4 Å². The van der Waals surface area contributed by atoms with Crippen molar-refractivity contribution in [3.8, 4) is 0 Å². The monoisotopic (exact) mass is 245 g/mol. The second kappa shape index (κ2) is 4.03. The van der Waals surface area contributed by atoms with Crippen molar-refractivity contribution in [2.75, 3.05) is 16.8 Å². The molecule has 1 aliphatic heterocycles. The van der Waals surface area contributed by atoms with E-state index in [4.69, 9.17) is 0 Å². The Hall–Kier alpha value is -1.14. The van der Waals surface area contributed by atoms with Crippen LogP contribution in [-0.4, -0.2) is 37.2 Å². The van der Waals surface area contributed by atoms with Gasteiger partial charge in [-0.15, -0.1) is 0 Å². The van der Waals surface area contributed by atoms with Gasteiger partial charge in [-0.1, -0.05) is 0 Å². The summed E-state index contributed by atoms with van der Waals surface area (Å²) in [5.41, 5.74) is 0.600. The van der Waals surface area contributed by atoms with Crippen LogP contribution in [0.15, 0.2) is 24.3 Å². The molecular weight excluding hydrogens is 233 g/mol. The van der Waals surface area contributed by atoms with E-state index in [9.17, 15) is 17.9 Å². The molecule has 1 aromatic rings. The van der Waals surface area contributed by atoms with Crippen LogP contribution in [0.5, 0.6) is 0 Å². The average molecular weight is 245 g/mol. The molecule has 4 nitrogen and oxygen atoms in total. The molecule has 0 bridgehead atoms. The third kappa shape index (κ3) is 2.51. The first-order chi connectivity index (χ1) is 7.46. The number of anilines is 1. The number of hydrogen-bond donors (Lipinski definition) is 2. The summed E-state index contributed by atoms with van der Waals surface area (Å²) in [5, 5.41) is 12.4. The lowest BCUT2D eigenvalue weighted by Gasteiger charge is -2.15. The highest BCUT2D eigenvalue weighted by atomic mass is 32.2. The lowest BCUT2D eigenvalue weighted by atomic mass is 10.2. The first-order valence-electron chi connectivity index (χ1n) is 4.87. The van der Waals surface area contributed by atoms with Gasteiger partial charge in [0.15, 0.2) is 9.84 Å². The molecule has 16 heavy (non-hydrogen) atoms. The molecule has 2 rings (SSSR count). The number of benzene rings is 1.